The highest BCUT2D eigenvalue weighted by Gasteiger charge is 2.62. The molecule has 0 spiro atoms. The quantitative estimate of drug-likeness (QED) is 0.364. The molecule has 2 aromatic heterocycles. The first-order valence-corrected chi connectivity index (χ1v) is 16.9. The second-order valence-electron chi connectivity index (χ2n) is 13.2. The fourth-order valence-electron chi connectivity index (χ4n) is 6.28. The number of fused-ring (bicyclic) bond motifs is 2. The number of ether oxygens (including phenoxy) is 2. The number of allylic oxidation sites excluding steroid dienone is 1. The highest BCUT2D eigenvalue weighted by molar-refractivity contribution is 7.08. The van der Waals surface area contributed by atoms with Crippen molar-refractivity contribution < 1.29 is 28.7 Å². The number of aromatic nitrogens is 2. The molecule has 46 heavy (non-hydrogen) atoms. The number of rotatable bonds is 5. The largest absolute Gasteiger partial charge is 0.464 e. The Hall–Kier alpha value is -4.00. The van der Waals surface area contributed by atoms with E-state index in [1.807, 2.05) is 29.0 Å². The van der Waals surface area contributed by atoms with Crippen LogP contribution in [0.4, 0.5) is 4.79 Å². The highest BCUT2D eigenvalue weighted by Crippen LogP contribution is 2.46. The number of thiophene rings is 1. The predicted molar refractivity (Wildman–Crippen MR) is 172 cm³/mol. The van der Waals surface area contributed by atoms with Gasteiger partial charge in [0.1, 0.15) is 23.2 Å². The van der Waals surface area contributed by atoms with Crippen molar-refractivity contribution in [3.8, 4) is 11.1 Å². The normalized spacial score (nSPS) is 27.7. The maximum absolute atomic E-state index is 14.3. The van der Waals surface area contributed by atoms with Gasteiger partial charge in [-0.2, -0.15) is 16.4 Å². The highest BCUT2D eigenvalue weighted by atomic mass is 32.1. The Balaban J connectivity index is 1.50. The minimum atomic E-state index is -1.22. The Morgan fingerprint density at radius 1 is 1.17 bits per heavy atom. The molecule has 248 valence electrons. The fraction of sp³-hybridized carbons (Fsp3) is 0.576. The molecular formula is C33H43N5O7S. The van der Waals surface area contributed by atoms with Crippen molar-refractivity contribution in [3.05, 3.63) is 51.6 Å². The molecule has 3 aliphatic rings. The Kier molecular flexibility index (Phi) is 9.99. The molecule has 0 aromatic carbocycles. The number of hydrogen-bond donors (Lipinski definition) is 2. The smallest absolute Gasteiger partial charge is 0.408 e. The molecule has 3 amide bonds. The third kappa shape index (κ3) is 7.35. The van der Waals surface area contributed by atoms with Crippen LogP contribution in [0.2, 0.25) is 0 Å². The van der Waals surface area contributed by atoms with E-state index in [4.69, 9.17) is 9.47 Å². The van der Waals surface area contributed by atoms with E-state index in [2.05, 4.69) is 15.7 Å². The van der Waals surface area contributed by atoms with Crippen LogP contribution in [-0.4, -0.2) is 74.9 Å². The number of carbonyl (C=O) groups excluding carboxylic acids is 4. The van der Waals surface area contributed by atoms with Gasteiger partial charge in [0.2, 0.25) is 11.8 Å². The van der Waals surface area contributed by atoms with E-state index < -0.39 is 53.1 Å². The van der Waals surface area contributed by atoms with Crippen LogP contribution in [-0.2, 0) is 23.9 Å². The lowest BCUT2D eigenvalue weighted by atomic mass is 10.0. The first kappa shape index (κ1) is 33.4. The van der Waals surface area contributed by atoms with Crippen LogP contribution in [0.1, 0.15) is 78.7 Å². The first-order valence-electron chi connectivity index (χ1n) is 16.0. The third-order valence-corrected chi connectivity index (χ3v) is 9.32. The summed E-state index contributed by atoms with van der Waals surface area (Å²) >= 11 is 1.47. The van der Waals surface area contributed by atoms with Gasteiger partial charge in [0.15, 0.2) is 0 Å². The number of nitrogens with zero attached hydrogens (tertiary/aromatic N) is 3. The van der Waals surface area contributed by atoms with Crippen LogP contribution in [0.15, 0.2) is 46.0 Å². The van der Waals surface area contributed by atoms with E-state index in [-0.39, 0.29) is 31.0 Å². The molecule has 13 heteroatoms. The third-order valence-electron chi connectivity index (χ3n) is 8.64. The molecule has 1 saturated carbocycles. The number of nitrogens with one attached hydrogen (secondary N) is 2. The standard InChI is InChI=1S/C33H43N5O7S/c1-5-44-30(42)33-18-22(33)11-9-7-6-8-10-12-25(35-31(43)45-32(2,3)4)29(41)37-19-23(17-26(37)27(39)36-33)38-28(40)24(13-15-34-38)21-14-16-46-20-21/h9,11,13-16,20,22-23,25-26H,5-8,10,12,17-19H2,1-4H3,(H,35,43)(H,36,39)/b11-9-/t22-,23+,25-,26-,33+/m0/s1. The predicted octanol–water partition coefficient (Wildman–Crippen LogP) is 3.97. The Labute approximate surface area is 272 Å². The number of esters is 1. The lowest BCUT2D eigenvalue weighted by Crippen LogP contribution is -2.56. The molecule has 1 saturated heterocycles. The van der Waals surface area contributed by atoms with Gasteiger partial charge in [0, 0.05) is 25.1 Å². The SMILES string of the molecule is CCOC(=O)[C@@]12C[C@@H]1/C=C\CCCCC[C@H](NC(=O)OC(C)(C)C)C(=O)N1C[C@H](n3nccc(-c4ccsc4)c3=O)C[C@H]1C(=O)N2. The van der Waals surface area contributed by atoms with Crippen molar-refractivity contribution in [1.82, 2.24) is 25.3 Å². The van der Waals surface area contributed by atoms with Crippen LogP contribution in [0.25, 0.3) is 11.1 Å². The van der Waals surface area contributed by atoms with Gasteiger partial charge in [0.25, 0.3) is 5.56 Å². The molecule has 12 nitrogen and oxygen atoms in total. The zero-order valence-electron chi connectivity index (χ0n) is 26.8. The summed E-state index contributed by atoms with van der Waals surface area (Å²) in [6.07, 6.45) is 8.74. The van der Waals surface area contributed by atoms with E-state index >= 15 is 0 Å². The van der Waals surface area contributed by atoms with Gasteiger partial charge in [-0.15, -0.1) is 0 Å². The average molecular weight is 654 g/mol. The molecular weight excluding hydrogens is 610 g/mol. The summed E-state index contributed by atoms with van der Waals surface area (Å²) in [7, 11) is 0. The average Bonchev–Trinajstić information content (AvgIpc) is 3.31. The molecule has 2 aromatic rings. The Bertz CT molecular complexity index is 1530. The van der Waals surface area contributed by atoms with Crippen molar-refractivity contribution in [1.29, 1.82) is 0 Å². The number of alkyl carbamates (subject to hydrolysis) is 1. The minimum absolute atomic E-state index is 0.0130. The monoisotopic (exact) mass is 653 g/mol. The van der Waals surface area contributed by atoms with Crippen molar-refractivity contribution in [2.24, 2.45) is 5.92 Å². The van der Waals surface area contributed by atoms with Gasteiger partial charge in [0.05, 0.1) is 18.2 Å². The summed E-state index contributed by atoms with van der Waals surface area (Å²) < 4.78 is 12.2. The van der Waals surface area contributed by atoms with E-state index in [1.54, 1.807) is 33.8 Å². The van der Waals surface area contributed by atoms with Crippen LogP contribution < -0.4 is 16.2 Å². The summed E-state index contributed by atoms with van der Waals surface area (Å²) in [6, 6.07) is 0.890. The van der Waals surface area contributed by atoms with Crippen molar-refractivity contribution >= 4 is 35.2 Å². The molecule has 2 aliphatic heterocycles. The van der Waals surface area contributed by atoms with Crippen molar-refractivity contribution in [2.45, 2.75) is 102 Å². The van der Waals surface area contributed by atoms with Crippen LogP contribution in [0.5, 0.6) is 0 Å². The van der Waals surface area contributed by atoms with Gasteiger partial charge in [-0.1, -0.05) is 25.0 Å². The maximum Gasteiger partial charge on any atom is 0.408 e. The Morgan fingerprint density at radius 2 is 1.98 bits per heavy atom. The number of carbonyl (C=O) groups is 4. The van der Waals surface area contributed by atoms with Gasteiger partial charge < -0.3 is 25.0 Å². The molecule has 4 heterocycles. The fourth-order valence-corrected chi connectivity index (χ4v) is 6.93. The second-order valence-corrected chi connectivity index (χ2v) is 13.9. The summed E-state index contributed by atoms with van der Waals surface area (Å²) in [6.45, 7) is 7.11. The minimum Gasteiger partial charge on any atom is -0.464 e. The van der Waals surface area contributed by atoms with E-state index in [1.165, 1.54) is 27.1 Å². The van der Waals surface area contributed by atoms with Crippen LogP contribution >= 0.6 is 11.3 Å². The molecule has 5 rings (SSSR count). The summed E-state index contributed by atoms with van der Waals surface area (Å²) in [5.74, 6) is -1.72. The number of hydrogen-bond acceptors (Lipinski definition) is 9. The lowest BCUT2D eigenvalue weighted by molar-refractivity contribution is -0.150. The zero-order chi connectivity index (χ0) is 33.1. The van der Waals surface area contributed by atoms with Crippen LogP contribution in [0.3, 0.4) is 0 Å². The van der Waals surface area contributed by atoms with E-state index in [9.17, 15) is 24.0 Å². The molecule has 0 unspecified atom stereocenters. The molecule has 2 N–H and O–H groups in total. The summed E-state index contributed by atoms with van der Waals surface area (Å²) in [5, 5.41) is 13.8. The van der Waals surface area contributed by atoms with Crippen molar-refractivity contribution in [2.75, 3.05) is 13.2 Å². The summed E-state index contributed by atoms with van der Waals surface area (Å²) in [5.41, 5.74) is -1.10. The van der Waals surface area contributed by atoms with Crippen molar-refractivity contribution in [3.63, 3.8) is 0 Å². The van der Waals surface area contributed by atoms with Crippen LogP contribution in [0, 0.1) is 5.92 Å². The molecule has 2 fully saturated rings. The second kappa shape index (κ2) is 13.8. The van der Waals surface area contributed by atoms with E-state index in [0.29, 0.717) is 24.8 Å². The van der Waals surface area contributed by atoms with E-state index in [0.717, 1.165) is 24.8 Å². The number of amides is 3. The summed E-state index contributed by atoms with van der Waals surface area (Å²) in [4.78, 5) is 69.5. The maximum atomic E-state index is 14.3. The molecule has 1 aliphatic carbocycles. The van der Waals surface area contributed by atoms with Gasteiger partial charge in [-0.25, -0.2) is 14.3 Å². The zero-order valence-corrected chi connectivity index (χ0v) is 27.6. The molecule has 0 radical (unpaired) electrons. The molecule has 5 atom stereocenters. The topological polar surface area (TPSA) is 149 Å². The van der Waals surface area contributed by atoms with Gasteiger partial charge in [-0.3, -0.25) is 14.4 Å². The Morgan fingerprint density at radius 3 is 2.70 bits per heavy atom. The first-order chi connectivity index (χ1) is 21.9. The van der Waals surface area contributed by atoms with Gasteiger partial charge >= 0.3 is 12.1 Å². The van der Waals surface area contributed by atoms with Gasteiger partial charge in [-0.05, 0) is 81.8 Å². The molecule has 0 bridgehead atoms. The lowest BCUT2D eigenvalue weighted by Gasteiger charge is -2.30.